The molecule has 0 aliphatic heterocycles. The van der Waals surface area contributed by atoms with Gasteiger partial charge in [0, 0.05) is 30.2 Å². The van der Waals surface area contributed by atoms with Gasteiger partial charge >= 0.3 is 11.9 Å². The van der Waals surface area contributed by atoms with Gasteiger partial charge in [-0.3, -0.25) is 9.59 Å². The molecule has 0 saturated heterocycles. The fourth-order valence-corrected chi connectivity index (χ4v) is 3.15. The van der Waals surface area contributed by atoms with Crippen molar-refractivity contribution in [2.75, 3.05) is 34.4 Å². The van der Waals surface area contributed by atoms with Crippen molar-refractivity contribution in [2.45, 2.75) is 60.9 Å². The van der Waals surface area contributed by atoms with Gasteiger partial charge < -0.3 is 24.0 Å². The number of likely N-dealkylation sites (N-methyl/N-ethyl adjacent to an activating group) is 1. The zero-order chi connectivity index (χ0) is 25.4. The summed E-state index contributed by atoms with van der Waals surface area (Å²) in [6.45, 7) is 13.3. The number of nitrogens with zero attached hydrogens (tertiary/aromatic N) is 2. The molecule has 7 heteroatoms. The molecular formula is C26H42N2O5. The molecule has 0 aliphatic carbocycles. The molecule has 0 saturated carbocycles. The Kier molecular flexibility index (Phi) is 10.4. The minimum Gasteiger partial charge on any atom is -0.494 e. The predicted molar refractivity (Wildman–Crippen MR) is 133 cm³/mol. The maximum atomic E-state index is 11.4. The van der Waals surface area contributed by atoms with E-state index in [1.54, 1.807) is 13.8 Å². The van der Waals surface area contributed by atoms with E-state index < -0.39 is 11.4 Å². The first-order chi connectivity index (χ1) is 15.2. The van der Waals surface area contributed by atoms with Gasteiger partial charge in [-0.15, -0.1) is 0 Å². The van der Waals surface area contributed by atoms with Gasteiger partial charge in [0.15, 0.2) is 0 Å². The van der Waals surface area contributed by atoms with Crippen molar-refractivity contribution < 1.29 is 24.2 Å². The van der Waals surface area contributed by atoms with E-state index in [4.69, 9.17) is 4.74 Å². The first kappa shape index (κ1) is 28.5. The third-order valence-corrected chi connectivity index (χ3v) is 5.43. The van der Waals surface area contributed by atoms with Gasteiger partial charge in [-0.1, -0.05) is 0 Å². The number of hydrogen-bond acceptors (Lipinski definition) is 5. The highest BCUT2D eigenvalue weighted by molar-refractivity contribution is 5.85. The Morgan fingerprint density at radius 3 is 2.21 bits per heavy atom. The summed E-state index contributed by atoms with van der Waals surface area (Å²) in [5.74, 6) is -0.0438. The molecule has 1 heterocycles. The van der Waals surface area contributed by atoms with Crippen molar-refractivity contribution in [1.82, 2.24) is 9.47 Å². The Morgan fingerprint density at radius 2 is 1.76 bits per heavy atom. The molecule has 0 unspecified atom stereocenters. The number of ether oxygens (including phenoxy) is 2. The van der Waals surface area contributed by atoms with Crippen LogP contribution in [-0.2, 0) is 27.3 Å². The summed E-state index contributed by atoms with van der Waals surface area (Å²) < 4.78 is 12.3. The molecule has 33 heavy (non-hydrogen) atoms. The smallest absolute Gasteiger partial charge is 0.310 e. The fraction of sp³-hybridized carbons (Fsp3) is 0.615. The lowest BCUT2D eigenvalue weighted by Gasteiger charge is -2.19. The Labute approximate surface area is 198 Å². The van der Waals surface area contributed by atoms with E-state index in [2.05, 4.69) is 46.6 Å². The topological polar surface area (TPSA) is 81.0 Å². The van der Waals surface area contributed by atoms with Crippen molar-refractivity contribution in [1.29, 1.82) is 0 Å². The fourth-order valence-electron chi connectivity index (χ4n) is 3.15. The molecule has 0 fully saturated rings. The quantitative estimate of drug-likeness (QED) is 0.537. The monoisotopic (exact) mass is 462 g/mol. The maximum absolute atomic E-state index is 11.4. The van der Waals surface area contributed by atoms with E-state index in [1.165, 1.54) is 18.1 Å². The minimum atomic E-state index is -0.754. The Morgan fingerprint density at radius 1 is 1.12 bits per heavy atom. The van der Waals surface area contributed by atoms with Crippen molar-refractivity contribution in [3.05, 3.63) is 30.0 Å². The van der Waals surface area contributed by atoms with E-state index in [-0.39, 0.29) is 11.4 Å². The van der Waals surface area contributed by atoms with E-state index in [0.717, 1.165) is 24.2 Å². The third-order valence-electron chi connectivity index (χ3n) is 5.43. The van der Waals surface area contributed by atoms with E-state index in [1.807, 2.05) is 33.8 Å². The summed E-state index contributed by atoms with van der Waals surface area (Å²) >= 11 is 0. The van der Waals surface area contributed by atoms with Crippen molar-refractivity contribution in [2.24, 2.45) is 10.8 Å². The zero-order valence-electron chi connectivity index (χ0n) is 21.8. The number of fused-ring (bicyclic) bond motifs is 1. The summed E-state index contributed by atoms with van der Waals surface area (Å²) in [5.41, 5.74) is 1.33. The third kappa shape index (κ3) is 8.72. The Hall–Kier alpha value is -2.54. The molecule has 0 amide bonds. The molecule has 7 nitrogen and oxygen atoms in total. The predicted octanol–water partition coefficient (Wildman–Crippen LogP) is 4.85. The zero-order valence-corrected chi connectivity index (χ0v) is 21.8. The van der Waals surface area contributed by atoms with Crippen LogP contribution in [0.25, 0.3) is 10.9 Å². The number of carbonyl (C=O) groups is 2. The lowest BCUT2D eigenvalue weighted by molar-refractivity contribution is -0.149. The van der Waals surface area contributed by atoms with E-state index in [9.17, 15) is 14.7 Å². The van der Waals surface area contributed by atoms with Crippen LogP contribution in [0.2, 0.25) is 0 Å². The number of esters is 1. The molecule has 0 aliphatic rings. The molecule has 1 aromatic carbocycles. The number of rotatable bonds is 9. The molecule has 2 aromatic rings. The van der Waals surface area contributed by atoms with E-state index in [0.29, 0.717) is 19.6 Å². The summed E-state index contributed by atoms with van der Waals surface area (Å²) in [6, 6.07) is 6.16. The average molecular weight is 463 g/mol. The van der Waals surface area contributed by atoms with Crippen LogP contribution in [0, 0.1) is 10.8 Å². The molecule has 1 N–H and O–H groups in total. The Bertz CT molecular complexity index is 923. The number of aromatic nitrogens is 1. The van der Waals surface area contributed by atoms with Crippen LogP contribution >= 0.6 is 0 Å². The second-order valence-electron chi connectivity index (χ2n) is 10.2. The normalized spacial score (nSPS) is 11.8. The lowest BCUT2D eigenvalue weighted by Crippen LogP contribution is -2.25. The van der Waals surface area contributed by atoms with Crippen LogP contribution in [0.5, 0.6) is 5.75 Å². The number of aliphatic carboxylic acids is 1. The Balaban J connectivity index is 0.000000582. The number of carboxylic acids is 1. The van der Waals surface area contributed by atoms with Gasteiger partial charge in [-0.25, -0.2) is 0 Å². The van der Waals surface area contributed by atoms with Crippen LogP contribution in [0.3, 0.4) is 0 Å². The number of benzene rings is 1. The standard InChI is InChI=1S/C20H30N2O3.C6H12O2/c1-6-25-16-7-8-18-17(13-16)15(9-11-21(4)5)14-22(18)12-10-20(2,3)19(23)24;1-6(2,3)5(7)8-4/h7-8,13-14H,6,9-12H2,1-5H3,(H,23,24);1-4H3. The molecule has 2 rings (SSSR count). The average Bonchev–Trinajstić information content (AvgIpc) is 3.07. The van der Waals surface area contributed by atoms with Gasteiger partial charge in [-0.05, 0) is 92.2 Å². The van der Waals surface area contributed by atoms with Crippen molar-refractivity contribution in [3.8, 4) is 5.75 Å². The molecule has 0 bridgehead atoms. The van der Waals surface area contributed by atoms with Gasteiger partial charge in [-0.2, -0.15) is 0 Å². The second-order valence-corrected chi connectivity index (χ2v) is 10.2. The summed E-state index contributed by atoms with van der Waals surface area (Å²) in [6.07, 6.45) is 3.71. The lowest BCUT2D eigenvalue weighted by atomic mass is 9.89. The van der Waals surface area contributed by atoms with Crippen LogP contribution < -0.4 is 4.74 Å². The summed E-state index contributed by atoms with van der Waals surface area (Å²) in [4.78, 5) is 24.2. The molecule has 0 atom stereocenters. The molecule has 1 aromatic heterocycles. The highest BCUT2D eigenvalue weighted by atomic mass is 16.5. The van der Waals surface area contributed by atoms with Gasteiger partial charge in [0.25, 0.3) is 0 Å². The number of aryl methyl sites for hydroxylation is 1. The second kappa shape index (κ2) is 12.1. The van der Waals surface area contributed by atoms with Gasteiger partial charge in [0.05, 0.1) is 24.5 Å². The molecule has 0 spiro atoms. The van der Waals surface area contributed by atoms with Crippen molar-refractivity contribution >= 4 is 22.8 Å². The molecule has 186 valence electrons. The number of carbonyl (C=O) groups excluding carboxylic acids is 1. The van der Waals surface area contributed by atoms with Crippen LogP contribution in [0.15, 0.2) is 24.4 Å². The number of methoxy groups -OCH3 is 1. The summed E-state index contributed by atoms with van der Waals surface area (Å²) in [7, 11) is 5.54. The number of carboxylic acid groups (broad SMARTS) is 1. The van der Waals surface area contributed by atoms with E-state index >= 15 is 0 Å². The first-order valence-electron chi connectivity index (χ1n) is 11.4. The molecule has 0 radical (unpaired) electrons. The highest BCUT2D eigenvalue weighted by Gasteiger charge is 2.27. The number of hydrogen-bond donors (Lipinski definition) is 1. The van der Waals surface area contributed by atoms with Gasteiger partial charge in [0.1, 0.15) is 5.75 Å². The minimum absolute atomic E-state index is 0.169. The highest BCUT2D eigenvalue weighted by Crippen LogP contribution is 2.29. The van der Waals surface area contributed by atoms with Crippen molar-refractivity contribution in [3.63, 3.8) is 0 Å². The molecular weight excluding hydrogens is 420 g/mol. The largest absolute Gasteiger partial charge is 0.494 e. The van der Waals surface area contributed by atoms with Crippen LogP contribution in [-0.4, -0.2) is 60.9 Å². The van der Waals surface area contributed by atoms with Crippen LogP contribution in [0.1, 0.15) is 53.5 Å². The summed E-state index contributed by atoms with van der Waals surface area (Å²) in [5, 5.41) is 10.5. The van der Waals surface area contributed by atoms with Crippen LogP contribution in [0.4, 0.5) is 0 Å². The maximum Gasteiger partial charge on any atom is 0.310 e. The first-order valence-corrected chi connectivity index (χ1v) is 11.4. The SMILES string of the molecule is CCOc1ccc2c(c1)c(CCN(C)C)cn2CCC(C)(C)C(=O)O.COC(=O)C(C)(C)C. The van der Waals surface area contributed by atoms with Gasteiger partial charge in [0.2, 0.25) is 0 Å².